The predicted octanol–water partition coefficient (Wildman–Crippen LogP) is 4.05. The van der Waals surface area contributed by atoms with Crippen LogP contribution in [0.3, 0.4) is 0 Å². The molecule has 0 saturated carbocycles. The van der Waals surface area contributed by atoms with Gasteiger partial charge in [0.25, 0.3) is 5.56 Å². The van der Waals surface area contributed by atoms with Crippen LogP contribution in [-0.4, -0.2) is 52.2 Å². The lowest BCUT2D eigenvalue weighted by Gasteiger charge is -2.24. The van der Waals surface area contributed by atoms with Crippen molar-refractivity contribution in [3.8, 4) is 5.69 Å². The zero-order valence-electron chi connectivity index (χ0n) is 18.4. The maximum absolute atomic E-state index is 14.9. The Labute approximate surface area is 213 Å². The number of rotatable bonds is 5. The van der Waals surface area contributed by atoms with Gasteiger partial charge >= 0.3 is 6.03 Å². The topological polar surface area (TPSA) is 106 Å². The third-order valence-corrected chi connectivity index (χ3v) is 6.18. The molecule has 12 heteroatoms. The highest BCUT2D eigenvalue weighted by Gasteiger charge is 2.40. The number of hydrogen-bond acceptors (Lipinski definition) is 5. The van der Waals surface area contributed by atoms with Crippen LogP contribution in [-0.2, 0) is 9.53 Å². The molecule has 3 amide bonds. The van der Waals surface area contributed by atoms with Crippen LogP contribution in [0.4, 0.5) is 20.7 Å². The Morgan fingerprint density at radius 3 is 2.69 bits per heavy atom. The minimum Gasteiger partial charge on any atom is -0.380 e. The molecule has 2 N–H and O–H groups in total. The molecule has 3 aromatic rings. The van der Waals surface area contributed by atoms with E-state index in [1.165, 1.54) is 53.2 Å². The quantitative estimate of drug-likeness (QED) is 0.487. The number of urea groups is 1. The van der Waals surface area contributed by atoms with E-state index in [2.05, 4.69) is 31.5 Å². The van der Waals surface area contributed by atoms with E-state index in [1.54, 1.807) is 12.1 Å². The molecule has 2 aromatic heterocycles. The fourth-order valence-electron chi connectivity index (χ4n) is 3.71. The molecule has 1 fully saturated rings. The number of carbonyl (C=O) groups excluding carboxylic acids is 2. The highest BCUT2D eigenvalue weighted by Crippen LogP contribution is 2.25. The second-order valence-electron chi connectivity index (χ2n) is 7.76. The van der Waals surface area contributed by atoms with E-state index in [9.17, 15) is 18.8 Å². The van der Waals surface area contributed by atoms with Crippen molar-refractivity contribution in [2.75, 3.05) is 24.3 Å². The highest BCUT2D eigenvalue weighted by molar-refractivity contribution is 9.10. The molecule has 3 heterocycles. The van der Waals surface area contributed by atoms with E-state index in [4.69, 9.17) is 16.3 Å². The second-order valence-corrected chi connectivity index (χ2v) is 9.11. The number of anilines is 2. The standard InChI is InChI=1S/C23H20BrClFN5O4/c1-35-16-9-19(31(12-16)23(34)29-20-6-3-14(25)10-27-20)22(33)28-18-5-4-15(8-17(18)26)30-11-13(24)2-7-21(30)32/h2-8,10-11,16,19H,9,12H2,1H3,(H,28,33)(H,27,29,34)/t16-,19-/m1/s1. The van der Waals surface area contributed by atoms with Crippen LogP contribution in [0.2, 0.25) is 5.02 Å². The number of carbonyl (C=O) groups is 2. The van der Waals surface area contributed by atoms with Gasteiger partial charge in [-0.2, -0.15) is 0 Å². The molecule has 1 aliphatic rings. The number of nitrogens with one attached hydrogen (secondary N) is 2. The van der Waals surface area contributed by atoms with Crippen LogP contribution < -0.4 is 16.2 Å². The first-order chi connectivity index (χ1) is 16.7. The summed E-state index contributed by atoms with van der Waals surface area (Å²) < 4.78 is 22.1. The van der Waals surface area contributed by atoms with Crippen molar-refractivity contribution in [1.82, 2.24) is 14.5 Å². The van der Waals surface area contributed by atoms with Gasteiger partial charge in [-0.25, -0.2) is 14.2 Å². The Bertz CT molecular complexity index is 1320. The van der Waals surface area contributed by atoms with Crippen molar-refractivity contribution in [3.05, 3.63) is 80.5 Å². The van der Waals surface area contributed by atoms with Crippen molar-refractivity contribution in [2.24, 2.45) is 0 Å². The number of ether oxygens (including phenoxy) is 1. The van der Waals surface area contributed by atoms with Crippen molar-refractivity contribution < 1.29 is 18.7 Å². The van der Waals surface area contributed by atoms with Crippen LogP contribution in [0.5, 0.6) is 0 Å². The van der Waals surface area contributed by atoms with E-state index in [1.807, 2.05) is 0 Å². The van der Waals surface area contributed by atoms with Gasteiger partial charge in [0.05, 0.1) is 22.5 Å². The Hall–Kier alpha value is -3.28. The first-order valence-electron chi connectivity index (χ1n) is 10.5. The summed E-state index contributed by atoms with van der Waals surface area (Å²) in [6.07, 6.45) is 2.77. The summed E-state index contributed by atoms with van der Waals surface area (Å²) in [6.45, 7) is 0.168. The number of aromatic nitrogens is 2. The number of methoxy groups -OCH3 is 1. The zero-order chi connectivity index (χ0) is 25.1. The Morgan fingerprint density at radius 2 is 2.00 bits per heavy atom. The molecule has 182 valence electrons. The maximum Gasteiger partial charge on any atom is 0.323 e. The molecule has 1 aromatic carbocycles. The van der Waals surface area contributed by atoms with Gasteiger partial charge in [0.15, 0.2) is 0 Å². The number of benzene rings is 1. The van der Waals surface area contributed by atoms with E-state index >= 15 is 0 Å². The van der Waals surface area contributed by atoms with Gasteiger partial charge in [-0.1, -0.05) is 11.6 Å². The van der Waals surface area contributed by atoms with Crippen LogP contribution in [0, 0.1) is 5.82 Å². The van der Waals surface area contributed by atoms with E-state index in [-0.39, 0.29) is 36.1 Å². The molecule has 0 spiro atoms. The number of pyridine rings is 2. The second kappa shape index (κ2) is 10.5. The van der Waals surface area contributed by atoms with Gasteiger partial charge in [-0.3, -0.25) is 19.5 Å². The highest BCUT2D eigenvalue weighted by atomic mass is 79.9. The molecule has 0 radical (unpaired) electrons. The van der Waals surface area contributed by atoms with Crippen molar-refractivity contribution >= 4 is 51.0 Å². The number of halogens is 3. The van der Waals surface area contributed by atoms with Crippen LogP contribution in [0.15, 0.2) is 64.1 Å². The summed E-state index contributed by atoms with van der Waals surface area (Å²) in [5, 5.41) is 5.57. The lowest BCUT2D eigenvalue weighted by atomic mass is 10.1. The summed E-state index contributed by atoms with van der Waals surface area (Å²) >= 11 is 9.10. The monoisotopic (exact) mass is 563 g/mol. The van der Waals surface area contributed by atoms with E-state index in [0.29, 0.717) is 15.2 Å². The summed E-state index contributed by atoms with van der Waals surface area (Å²) in [4.78, 5) is 43.3. The van der Waals surface area contributed by atoms with Crippen LogP contribution in [0.25, 0.3) is 5.69 Å². The van der Waals surface area contributed by atoms with Gasteiger partial charge in [0, 0.05) is 49.1 Å². The fourth-order valence-corrected chi connectivity index (χ4v) is 4.16. The number of likely N-dealkylation sites (tertiary alicyclic amines) is 1. The third kappa shape index (κ3) is 5.69. The average molecular weight is 565 g/mol. The molecule has 4 rings (SSSR count). The van der Waals surface area contributed by atoms with E-state index < -0.39 is 23.8 Å². The summed E-state index contributed by atoms with van der Waals surface area (Å²) in [6, 6.07) is 8.61. The minimum absolute atomic E-state index is 0.0811. The number of nitrogens with zero attached hydrogens (tertiary/aromatic N) is 3. The molecular formula is C23H20BrClFN5O4. The molecule has 9 nitrogen and oxygen atoms in total. The van der Waals surface area contributed by atoms with E-state index in [0.717, 1.165) is 6.07 Å². The van der Waals surface area contributed by atoms with Crippen molar-refractivity contribution in [1.29, 1.82) is 0 Å². The smallest absolute Gasteiger partial charge is 0.323 e. The largest absolute Gasteiger partial charge is 0.380 e. The van der Waals surface area contributed by atoms with Crippen LogP contribution >= 0.6 is 27.5 Å². The van der Waals surface area contributed by atoms with Gasteiger partial charge in [-0.15, -0.1) is 0 Å². The minimum atomic E-state index is -0.904. The van der Waals surface area contributed by atoms with Crippen molar-refractivity contribution in [3.63, 3.8) is 0 Å². The molecule has 0 bridgehead atoms. The normalized spacial score (nSPS) is 17.3. The average Bonchev–Trinajstić information content (AvgIpc) is 3.28. The predicted molar refractivity (Wildman–Crippen MR) is 133 cm³/mol. The Kier molecular flexibility index (Phi) is 7.48. The first-order valence-corrected chi connectivity index (χ1v) is 11.6. The molecule has 1 aliphatic heterocycles. The zero-order valence-corrected chi connectivity index (χ0v) is 20.7. The molecule has 2 atom stereocenters. The summed E-state index contributed by atoms with van der Waals surface area (Å²) in [7, 11) is 1.49. The Balaban J connectivity index is 1.51. The summed E-state index contributed by atoms with van der Waals surface area (Å²) in [5.74, 6) is -1.04. The Morgan fingerprint density at radius 1 is 1.20 bits per heavy atom. The van der Waals surface area contributed by atoms with Gasteiger partial charge in [-0.05, 0) is 46.3 Å². The summed E-state index contributed by atoms with van der Waals surface area (Å²) in [5.41, 5.74) is -0.122. The molecular weight excluding hydrogens is 545 g/mol. The SMILES string of the molecule is CO[C@@H]1C[C@H](C(=O)Nc2ccc(-n3cc(Br)ccc3=O)cc2F)N(C(=O)Nc2ccc(Cl)cn2)C1. The lowest BCUT2D eigenvalue weighted by molar-refractivity contribution is -0.119. The molecule has 35 heavy (non-hydrogen) atoms. The lowest BCUT2D eigenvalue weighted by Crippen LogP contribution is -2.45. The molecule has 0 aliphatic carbocycles. The van der Waals surface area contributed by atoms with Gasteiger partial charge in [0.1, 0.15) is 17.7 Å². The van der Waals surface area contributed by atoms with Gasteiger partial charge in [0.2, 0.25) is 5.91 Å². The third-order valence-electron chi connectivity index (χ3n) is 5.49. The molecule has 0 unspecified atom stereocenters. The van der Waals surface area contributed by atoms with Gasteiger partial charge < -0.3 is 15.0 Å². The fraction of sp³-hybridized carbons (Fsp3) is 0.217. The first kappa shape index (κ1) is 24.8. The van der Waals surface area contributed by atoms with Crippen LogP contribution in [0.1, 0.15) is 6.42 Å². The number of hydrogen-bond donors (Lipinski definition) is 2. The maximum atomic E-state index is 14.9. The number of amides is 3. The van der Waals surface area contributed by atoms with Crippen molar-refractivity contribution in [2.45, 2.75) is 18.6 Å². The molecule has 1 saturated heterocycles.